The fraction of sp³-hybridized carbons (Fsp3) is 0.417. The van der Waals surface area contributed by atoms with E-state index in [2.05, 4.69) is 21.2 Å². The molecular formula is C12H13BrF3NO. The molecule has 1 aromatic carbocycles. The highest BCUT2D eigenvalue weighted by atomic mass is 79.9. The largest absolute Gasteiger partial charge is 0.417 e. The number of nitrogens with one attached hydrogen (secondary N) is 1. The van der Waals surface area contributed by atoms with E-state index in [1.165, 1.54) is 18.2 Å². The Morgan fingerprint density at radius 2 is 2.00 bits per heavy atom. The second-order valence-electron chi connectivity index (χ2n) is 3.90. The lowest BCUT2D eigenvalue weighted by molar-refractivity contribution is -0.137. The van der Waals surface area contributed by atoms with E-state index in [4.69, 9.17) is 0 Å². The van der Waals surface area contributed by atoms with Crippen LogP contribution >= 0.6 is 15.9 Å². The quantitative estimate of drug-likeness (QED) is 0.843. The van der Waals surface area contributed by atoms with E-state index in [0.29, 0.717) is 11.8 Å². The molecule has 0 bridgehead atoms. The zero-order valence-electron chi connectivity index (χ0n) is 9.72. The summed E-state index contributed by atoms with van der Waals surface area (Å²) in [6, 6.07) is 4.59. The molecule has 0 aliphatic carbocycles. The number of benzene rings is 1. The zero-order valence-corrected chi connectivity index (χ0v) is 11.3. The Bertz CT molecular complexity index is 420. The van der Waals surface area contributed by atoms with Crippen molar-refractivity contribution in [2.24, 2.45) is 0 Å². The van der Waals surface area contributed by atoms with Gasteiger partial charge in [0.2, 0.25) is 0 Å². The van der Waals surface area contributed by atoms with Crippen LogP contribution in [0, 0.1) is 0 Å². The lowest BCUT2D eigenvalue weighted by Crippen LogP contribution is -2.34. The second-order valence-corrected chi connectivity index (χ2v) is 4.69. The smallest absolute Gasteiger partial charge is 0.350 e. The summed E-state index contributed by atoms with van der Waals surface area (Å²) in [5, 5.41) is 3.22. The molecule has 0 saturated heterocycles. The molecule has 1 rings (SSSR count). The van der Waals surface area contributed by atoms with Gasteiger partial charge in [-0.25, -0.2) is 0 Å². The fourth-order valence-electron chi connectivity index (χ4n) is 1.47. The third-order valence-corrected chi connectivity index (χ3v) is 2.85. The second kappa shape index (κ2) is 6.22. The van der Waals surface area contributed by atoms with Crippen LogP contribution in [0.25, 0.3) is 0 Å². The summed E-state index contributed by atoms with van der Waals surface area (Å²) in [4.78, 5) is 11.8. The molecule has 0 fully saturated rings. The zero-order chi connectivity index (χ0) is 13.8. The third-order valence-electron chi connectivity index (χ3n) is 2.40. The highest BCUT2D eigenvalue weighted by Crippen LogP contribution is 2.31. The summed E-state index contributed by atoms with van der Waals surface area (Å²) in [6.07, 6.45) is -3.87. The van der Waals surface area contributed by atoms with Crippen molar-refractivity contribution in [3.05, 3.63) is 35.4 Å². The summed E-state index contributed by atoms with van der Waals surface area (Å²) in [5.41, 5.74) is -1.25. The molecule has 1 atom stereocenters. The molecule has 0 heterocycles. The normalized spacial score (nSPS) is 13.2. The van der Waals surface area contributed by atoms with Gasteiger partial charge in [0, 0.05) is 11.4 Å². The first-order valence-electron chi connectivity index (χ1n) is 5.39. The fourth-order valence-corrected chi connectivity index (χ4v) is 2.15. The third kappa shape index (κ3) is 4.01. The Kier molecular flexibility index (Phi) is 5.19. The van der Waals surface area contributed by atoms with Crippen LogP contribution in [0.15, 0.2) is 24.3 Å². The van der Waals surface area contributed by atoms with E-state index >= 15 is 0 Å². The summed E-state index contributed by atoms with van der Waals surface area (Å²) in [7, 11) is 0. The number of hydrogen-bond acceptors (Lipinski definition) is 1. The van der Waals surface area contributed by atoms with Crippen molar-refractivity contribution < 1.29 is 18.0 Å². The maximum absolute atomic E-state index is 12.7. The maximum atomic E-state index is 12.7. The lowest BCUT2D eigenvalue weighted by atomic mass is 10.1. The Hall–Kier alpha value is -1.04. The summed E-state index contributed by atoms with van der Waals surface area (Å²) >= 11 is 3.21. The first-order valence-corrected chi connectivity index (χ1v) is 6.51. The van der Waals surface area contributed by atoms with Gasteiger partial charge >= 0.3 is 6.18 Å². The summed E-state index contributed by atoms with van der Waals surface area (Å²) in [5.74, 6) is -0.698. The minimum absolute atomic E-state index is 0.182. The molecule has 0 aliphatic rings. The van der Waals surface area contributed by atoms with Gasteiger partial charge in [-0.15, -0.1) is 0 Å². The van der Waals surface area contributed by atoms with Crippen LogP contribution in [0.3, 0.4) is 0 Å². The molecule has 18 heavy (non-hydrogen) atoms. The van der Waals surface area contributed by atoms with E-state index < -0.39 is 17.6 Å². The van der Waals surface area contributed by atoms with Gasteiger partial charge in [-0.05, 0) is 25.5 Å². The van der Waals surface area contributed by atoms with Crippen molar-refractivity contribution >= 4 is 21.8 Å². The van der Waals surface area contributed by atoms with Gasteiger partial charge in [0.05, 0.1) is 11.1 Å². The van der Waals surface area contributed by atoms with Gasteiger partial charge in [0.25, 0.3) is 5.91 Å². The molecule has 6 heteroatoms. The van der Waals surface area contributed by atoms with E-state index in [9.17, 15) is 18.0 Å². The molecule has 1 amide bonds. The molecule has 0 saturated carbocycles. The van der Waals surface area contributed by atoms with Crippen molar-refractivity contribution in [3.8, 4) is 0 Å². The summed E-state index contributed by atoms with van der Waals surface area (Å²) < 4.78 is 38.1. The van der Waals surface area contributed by atoms with Crippen LogP contribution in [0.2, 0.25) is 0 Å². The van der Waals surface area contributed by atoms with Gasteiger partial charge < -0.3 is 5.32 Å². The molecule has 0 spiro atoms. The highest BCUT2D eigenvalue weighted by molar-refractivity contribution is 9.09. The first kappa shape index (κ1) is 15.0. The first-order chi connectivity index (χ1) is 8.36. The topological polar surface area (TPSA) is 29.1 Å². The van der Waals surface area contributed by atoms with E-state index in [0.717, 1.165) is 6.07 Å². The van der Waals surface area contributed by atoms with E-state index in [-0.39, 0.29) is 11.6 Å². The van der Waals surface area contributed by atoms with E-state index in [1.54, 1.807) is 6.92 Å². The number of alkyl halides is 4. The predicted molar refractivity (Wildman–Crippen MR) is 66.8 cm³/mol. The van der Waals surface area contributed by atoms with Crippen LogP contribution in [-0.4, -0.2) is 17.3 Å². The number of amides is 1. The average Bonchev–Trinajstić information content (AvgIpc) is 2.28. The number of carbonyl (C=O) groups excluding carboxylic acids is 1. The van der Waals surface area contributed by atoms with Crippen molar-refractivity contribution in [1.29, 1.82) is 0 Å². The van der Waals surface area contributed by atoms with Crippen molar-refractivity contribution in [2.45, 2.75) is 25.6 Å². The highest BCUT2D eigenvalue weighted by Gasteiger charge is 2.34. The lowest BCUT2D eigenvalue weighted by Gasteiger charge is -2.15. The predicted octanol–water partition coefficient (Wildman–Crippen LogP) is 3.61. The number of carbonyl (C=O) groups is 1. The number of rotatable bonds is 4. The molecule has 1 unspecified atom stereocenters. The molecule has 0 radical (unpaired) electrons. The molecule has 1 N–H and O–H groups in total. The molecule has 0 aromatic heterocycles. The van der Waals surface area contributed by atoms with Crippen LogP contribution in [0.1, 0.15) is 29.3 Å². The van der Waals surface area contributed by atoms with Crippen LogP contribution < -0.4 is 5.32 Å². The van der Waals surface area contributed by atoms with Crippen LogP contribution in [-0.2, 0) is 6.18 Å². The van der Waals surface area contributed by atoms with Crippen LogP contribution in [0.5, 0.6) is 0 Å². The molecule has 2 nitrogen and oxygen atoms in total. The SMILES string of the molecule is CC(CCBr)NC(=O)c1ccccc1C(F)(F)F. The van der Waals surface area contributed by atoms with Crippen molar-refractivity contribution in [1.82, 2.24) is 5.32 Å². The minimum Gasteiger partial charge on any atom is -0.350 e. The van der Waals surface area contributed by atoms with Crippen molar-refractivity contribution in [3.63, 3.8) is 0 Å². The standard InChI is InChI=1S/C12H13BrF3NO/c1-8(6-7-13)17-11(18)9-4-2-3-5-10(9)12(14,15)16/h2-5,8H,6-7H2,1H3,(H,17,18). The number of halogens is 4. The molecular weight excluding hydrogens is 311 g/mol. The summed E-state index contributed by atoms with van der Waals surface area (Å²) in [6.45, 7) is 1.75. The van der Waals surface area contributed by atoms with Crippen LogP contribution in [0.4, 0.5) is 13.2 Å². The van der Waals surface area contributed by atoms with Gasteiger partial charge in [0.15, 0.2) is 0 Å². The van der Waals surface area contributed by atoms with Crippen molar-refractivity contribution in [2.75, 3.05) is 5.33 Å². The Labute approximate surface area is 112 Å². The number of hydrogen-bond donors (Lipinski definition) is 1. The minimum atomic E-state index is -4.52. The monoisotopic (exact) mass is 323 g/mol. The van der Waals surface area contributed by atoms with Gasteiger partial charge in [-0.1, -0.05) is 28.1 Å². The maximum Gasteiger partial charge on any atom is 0.417 e. The Morgan fingerprint density at radius 3 is 2.56 bits per heavy atom. The Balaban J connectivity index is 2.93. The average molecular weight is 324 g/mol. The van der Waals surface area contributed by atoms with Gasteiger partial charge in [-0.2, -0.15) is 13.2 Å². The molecule has 100 valence electrons. The molecule has 0 aliphatic heterocycles. The molecule has 1 aromatic rings. The van der Waals surface area contributed by atoms with Gasteiger partial charge in [-0.3, -0.25) is 4.79 Å². The van der Waals surface area contributed by atoms with E-state index in [1.807, 2.05) is 0 Å². The van der Waals surface area contributed by atoms with Gasteiger partial charge in [0.1, 0.15) is 0 Å². The Morgan fingerprint density at radius 1 is 1.39 bits per heavy atom.